The summed E-state index contributed by atoms with van der Waals surface area (Å²) in [6.45, 7) is 3.74. The summed E-state index contributed by atoms with van der Waals surface area (Å²) >= 11 is 0. The Labute approximate surface area is 164 Å². The van der Waals surface area contributed by atoms with Crippen LogP contribution in [-0.4, -0.2) is 49.1 Å². The van der Waals surface area contributed by atoms with Crippen LogP contribution in [0.25, 0.3) is 11.1 Å². The Morgan fingerprint density at radius 2 is 1.64 bits per heavy atom. The van der Waals surface area contributed by atoms with E-state index in [1.807, 2.05) is 24.3 Å². The summed E-state index contributed by atoms with van der Waals surface area (Å²) in [5, 5.41) is 0. The van der Waals surface area contributed by atoms with Crippen molar-refractivity contribution in [2.45, 2.75) is 31.5 Å². The van der Waals surface area contributed by atoms with Crippen LogP contribution < -0.4 is 0 Å². The maximum atomic E-state index is 12.9. The van der Waals surface area contributed by atoms with Crippen molar-refractivity contribution in [2.24, 2.45) is 0 Å². The van der Waals surface area contributed by atoms with E-state index in [2.05, 4.69) is 24.3 Å². The molecule has 6 nitrogen and oxygen atoms in total. The van der Waals surface area contributed by atoms with Gasteiger partial charge in [0.1, 0.15) is 12.3 Å². The highest BCUT2D eigenvalue weighted by atomic mass is 16.6. The molecule has 146 valence electrons. The molecule has 1 saturated heterocycles. The van der Waals surface area contributed by atoms with Gasteiger partial charge in [-0.3, -0.25) is 4.90 Å². The number of esters is 1. The van der Waals surface area contributed by atoms with Crippen molar-refractivity contribution in [1.29, 1.82) is 0 Å². The fourth-order valence-electron chi connectivity index (χ4n) is 4.12. The second kappa shape index (κ2) is 6.95. The zero-order valence-corrected chi connectivity index (χ0v) is 16.2. The summed E-state index contributed by atoms with van der Waals surface area (Å²) in [6.07, 6.45) is -0.584. The number of carbonyl (C=O) groups is 2. The van der Waals surface area contributed by atoms with Crippen molar-refractivity contribution < 1.29 is 23.8 Å². The monoisotopic (exact) mass is 381 g/mol. The Kier molecular flexibility index (Phi) is 4.59. The zero-order chi connectivity index (χ0) is 19.9. The molecule has 2 aliphatic rings. The van der Waals surface area contributed by atoms with E-state index in [9.17, 15) is 9.59 Å². The van der Waals surface area contributed by atoms with Crippen LogP contribution in [0.2, 0.25) is 0 Å². The Morgan fingerprint density at radius 3 is 2.21 bits per heavy atom. The minimum Gasteiger partial charge on any atom is -0.467 e. The van der Waals surface area contributed by atoms with Crippen LogP contribution in [-0.2, 0) is 19.0 Å². The summed E-state index contributed by atoms with van der Waals surface area (Å²) in [5.41, 5.74) is 3.66. The van der Waals surface area contributed by atoms with E-state index in [1.54, 1.807) is 13.8 Å². The highest BCUT2D eigenvalue weighted by Crippen LogP contribution is 2.44. The first-order valence-electron chi connectivity index (χ1n) is 9.30. The number of fused-ring (bicyclic) bond motifs is 3. The Balaban J connectivity index is 1.56. The molecular weight excluding hydrogens is 358 g/mol. The number of nitrogens with zero attached hydrogens (tertiary/aromatic N) is 1. The fourth-order valence-corrected chi connectivity index (χ4v) is 4.12. The molecular formula is C22H23NO5. The molecule has 2 aromatic carbocycles. The lowest BCUT2D eigenvalue weighted by atomic mass is 9.98. The van der Waals surface area contributed by atoms with Gasteiger partial charge in [-0.2, -0.15) is 0 Å². The zero-order valence-electron chi connectivity index (χ0n) is 16.2. The van der Waals surface area contributed by atoms with Crippen molar-refractivity contribution in [3.8, 4) is 11.1 Å². The molecule has 0 saturated carbocycles. The lowest BCUT2D eigenvalue weighted by molar-refractivity contribution is -0.146. The summed E-state index contributed by atoms with van der Waals surface area (Å²) in [4.78, 5) is 26.3. The van der Waals surface area contributed by atoms with Crippen LogP contribution >= 0.6 is 0 Å². The average Bonchev–Trinajstić information content (AvgIpc) is 3.20. The quantitative estimate of drug-likeness (QED) is 0.761. The van der Waals surface area contributed by atoms with Gasteiger partial charge in [-0.05, 0) is 36.1 Å². The molecule has 1 amide bonds. The van der Waals surface area contributed by atoms with Gasteiger partial charge in [0.05, 0.1) is 13.7 Å². The topological polar surface area (TPSA) is 65.1 Å². The second-order valence-corrected chi connectivity index (χ2v) is 7.47. The van der Waals surface area contributed by atoms with Crippen molar-refractivity contribution in [1.82, 2.24) is 4.90 Å². The second-order valence-electron chi connectivity index (χ2n) is 7.47. The molecule has 1 heterocycles. The molecule has 0 N–H and O–H groups in total. The maximum Gasteiger partial charge on any atom is 0.412 e. The third-order valence-corrected chi connectivity index (χ3v) is 5.49. The smallest absolute Gasteiger partial charge is 0.412 e. The van der Waals surface area contributed by atoms with Gasteiger partial charge in [0.2, 0.25) is 0 Å². The minimum atomic E-state index is -0.943. The van der Waals surface area contributed by atoms with E-state index < -0.39 is 23.8 Å². The number of rotatable bonds is 3. The Bertz CT molecular complexity index is 877. The number of hydrogen-bond donors (Lipinski definition) is 0. The number of methoxy groups -OCH3 is 1. The Morgan fingerprint density at radius 1 is 1.07 bits per heavy atom. The van der Waals surface area contributed by atoms with Crippen molar-refractivity contribution >= 4 is 12.1 Å². The van der Waals surface area contributed by atoms with Gasteiger partial charge in [0, 0.05) is 5.92 Å². The van der Waals surface area contributed by atoms with Gasteiger partial charge >= 0.3 is 12.1 Å². The third kappa shape index (κ3) is 2.94. The summed E-state index contributed by atoms with van der Waals surface area (Å²) in [5.74, 6) is -0.557. The van der Waals surface area contributed by atoms with Crippen LogP contribution in [0.1, 0.15) is 30.9 Å². The predicted octanol–water partition coefficient (Wildman–Crippen LogP) is 3.55. The predicted molar refractivity (Wildman–Crippen MR) is 103 cm³/mol. The highest BCUT2D eigenvalue weighted by Gasteiger charge is 2.49. The first kappa shape index (κ1) is 18.5. The largest absolute Gasteiger partial charge is 0.467 e. The molecule has 0 radical (unpaired) electrons. The molecule has 0 unspecified atom stereocenters. The lowest BCUT2D eigenvalue weighted by Gasteiger charge is -2.32. The standard InChI is InChI=1S/C22H23NO5/c1-22(2)23(19(13-28-22)20(24)26-3)21(25)27-12-18-16-10-6-4-8-14(16)15-9-5-7-11-17(15)18/h4-11,18-19H,12-13H2,1-3H3/t19-/m1/s1. The first-order chi connectivity index (χ1) is 13.4. The van der Waals surface area contributed by atoms with Crippen LogP contribution in [0.15, 0.2) is 48.5 Å². The van der Waals surface area contributed by atoms with E-state index in [0.717, 1.165) is 22.3 Å². The highest BCUT2D eigenvalue weighted by molar-refractivity contribution is 5.83. The van der Waals surface area contributed by atoms with Gasteiger partial charge in [0.25, 0.3) is 0 Å². The van der Waals surface area contributed by atoms with Crippen molar-refractivity contribution in [2.75, 3.05) is 20.3 Å². The molecule has 0 bridgehead atoms. The number of amides is 1. The van der Waals surface area contributed by atoms with E-state index in [1.165, 1.54) is 12.0 Å². The van der Waals surface area contributed by atoms with E-state index in [4.69, 9.17) is 14.2 Å². The van der Waals surface area contributed by atoms with Crippen LogP contribution in [0.4, 0.5) is 4.79 Å². The summed E-state index contributed by atoms with van der Waals surface area (Å²) in [6, 6.07) is 15.5. The van der Waals surface area contributed by atoms with Gasteiger partial charge in [0.15, 0.2) is 6.04 Å². The normalized spacial score (nSPS) is 19.8. The molecule has 1 aliphatic carbocycles. The molecule has 6 heteroatoms. The third-order valence-electron chi connectivity index (χ3n) is 5.49. The van der Waals surface area contributed by atoms with Gasteiger partial charge in [-0.15, -0.1) is 0 Å². The number of hydrogen-bond acceptors (Lipinski definition) is 5. The molecule has 0 aromatic heterocycles. The molecule has 28 heavy (non-hydrogen) atoms. The number of carbonyl (C=O) groups excluding carboxylic acids is 2. The Hall–Kier alpha value is -2.86. The van der Waals surface area contributed by atoms with E-state index in [0.29, 0.717) is 0 Å². The van der Waals surface area contributed by atoms with E-state index >= 15 is 0 Å². The van der Waals surface area contributed by atoms with Crippen LogP contribution in [0, 0.1) is 0 Å². The lowest BCUT2D eigenvalue weighted by Crippen LogP contribution is -2.51. The SMILES string of the molecule is COC(=O)[C@H]1COC(C)(C)N1C(=O)OCC1c2ccccc2-c2ccccc21. The molecule has 0 spiro atoms. The fraction of sp³-hybridized carbons (Fsp3) is 0.364. The van der Waals surface area contributed by atoms with Gasteiger partial charge in [-0.1, -0.05) is 48.5 Å². The minimum absolute atomic E-state index is 0.0421. The van der Waals surface area contributed by atoms with Gasteiger partial charge < -0.3 is 14.2 Å². The molecule has 1 fully saturated rings. The maximum absolute atomic E-state index is 12.9. The van der Waals surface area contributed by atoms with Gasteiger partial charge in [-0.25, -0.2) is 9.59 Å². The van der Waals surface area contributed by atoms with Crippen molar-refractivity contribution in [3.05, 3.63) is 59.7 Å². The molecule has 1 aliphatic heterocycles. The van der Waals surface area contributed by atoms with E-state index in [-0.39, 0.29) is 19.1 Å². The average molecular weight is 381 g/mol. The van der Waals surface area contributed by atoms with Crippen LogP contribution in [0.5, 0.6) is 0 Å². The summed E-state index contributed by atoms with van der Waals surface area (Å²) in [7, 11) is 1.30. The number of ether oxygens (including phenoxy) is 3. The molecule has 2 aromatic rings. The number of benzene rings is 2. The first-order valence-corrected chi connectivity index (χ1v) is 9.30. The van der Waals surface area contributed by atoms with Crippen molar-refractivity contribution in [3.63, 3.8) is 0 Å². The molecule has 4 rings (SSSR count). The van der Waals surface area contributed by atoms with Crippen LogP contribution in [0.3, 0.4) is 0 Å². The summed E-state index contributed by atoms with van der Waals surface area (Å²) < 4.78 is 16.1. The molecule has 1 atom stereocenters.